The number of amides is 1. The smallest absolute Gasteiger partial charge is 0.282 e. The van der Waals surface area contributed by atoms with Crippen LogP contribution >= 0.6 is 0 Å². The van der Waals surface area contributed by atoms with E-state index in [1.54, 1.807) is 11.1 Å². The molecule has 0 fully saturated rings. The summed E-state index contributed by atoms with van der Waals surface area (Å²) >= 11 is 0. The highest BCUT2D eigenvalue weighted by molar-refractivity contribution is 6.09. The maximum Gasteiger partial charge on any atom is 0.282 e. The number of rotatable bonds is 5. The van der Waals surface area contributed by atoms with E-state index in [9.17, 15) is 4.79 Å². The number of hydrogen-bond donors (Lipinski definition) is 0. The molecule has 0 bridgehead atoms. The first-order valence-corrected chi connectivity index (χ1v) is 9.90. The Morgan fingerprint density at radius 3 is 2.17 bits per heavy atom. The maximum atomic E-state index is 14.1. The normalized spacial score (nSPS) is 17.6. The summed E-state index contributed by atoms with van der Waals surface area (Å²) in [5.74, 6) is 0.475. The van der Waals surface area contributed by atoms with E-state index in [-0.39, 0.29) is 5.91 Å². The van der Waals surface area contributed by atoms with Gasteiger partial charge >= 0.3 is 0 Å². The molecule has 1 aliphatic rings. The zero-order chi connectivity index (χ0) is 20.4. The van der Waals surface area contributed by atoms with Crippen molar-refractivity contribution in [2.24, 2.45) is 0 Å². The number of carbonyl (C=O) groups excluding carboxylic acids is 1. The van der Waals surface area contributed by atoms with Crippen LogP contribution < -0.4 is 9.64 Å². The van der Waals surface area contributed by atoms with Crippen molar-refractivity contribution in [3.63, 3.8) is 0 Å². The van der Waals surface area contributed by atoms with Crippen LogP contribution in [-0.2, 0) is 16.9 Å². The predicted molar refractivity (Wildman–Crippen MR) is 116 cm³/mol. The first-order valence-electron chi connectivity index (χ1n) is 9.90. The summed E-state index contributed by atoms with van der Waals surface area (Å²) in [6, 6.07) is 32.8. The van der Waals surface area contributed by atoms with Crippen LogP contribution in [0.5, 0.6) is 5.75 Å². The second kappa shape index (κ2) is 7.48. The van der Waals surface area contributed by atoms with E-state index < -0.39 is 5.60 Å². The number of hydrogen-bond acceptors (Lipinski definition) is 3. The molecule has 3 aromatic carbocycles. The third-order valence-electron chi connectivity index (χ3n) is 5.34. The van der Waals surface area contributed by atoms with Crippen LogP contribution in [0.4, 0.5) is 5.69 Å². The van der Waals surface area contributed by atoms with Crippen LogP contribution in [0.2, 0.25) is 0 Å². The van der Waals surface area contributed by atoms with Gasteiger partial charge in [0.2, 0.25) is 0 Å². The third-order valence-corrected chi connectivity index (χ3v) is 5.34. The van der Waals surface area contributed by atoms with E-state index in [0.717, 1.165) is 16.8 Å². The van der Waals surface area contributed by atoms with Crippen LogP contribution in [0.15, 0.2) is 109 Å². The first kappa shape index (κ1) is 18.1. The molecule has 1 aliphatic heterocycles. The molecule has 0 saturated heterocycles. The van der Waals surface area contributed by atoms with Crippen LogP contribution in [0.25, 0.3) is 0 Å². The zero-order valence-electron chi connectivity index (χ0n) is 16.3. The largest absolute Gasteiger partial charge is 0.466 e. The topological polar surface area (TPSA) is 42.4 Å². The molecule has 0 spiro atoms. The Balaban J connectivity index is 1.69. The van der Waals surface area contributed by atoms with Gasteiger partial charge in [0.25, 0.3) is 11.5 Å². The fourth-order valence-corrected chi connectivity index (χ4v) is 3.98. The Kier molecular flexibility index (Phi) is 4.52. The number of pyridine rings is 1. The number of ether oxygens (including phenoxy) is 1. The summed E-state index contributed by atoms with van der Waals surface area (Å²) in [5, 5.41) is 0. The second-order valence-electron chi connectivity index (χ2n) is 7.21. The van der Waals surface area contributed by atoms with Gasteiger partial charge in [-0.25, -0.2) is 0 Å². The van der Waals surface area contributed by atoms with Gasteiger partial charge in [-0.05, 0) is 35.9 Å². The highest BCUT2D eigenvalue weighted by Gasteiger charge is 2.55. The molecule has 4 aromatic rings. The number of carbonyl (C=O) groups is 1. The minimum Gasteiger partial charge on any atom is -0.466 e. The van der Waals surface area contributed by atoms with Crippen molar-refractivity contribution in [3.05, 3.63) is 126 Å². The fraction of sp³-hybridized carbons (Fsp3) is 0.0769. The molecule has 0 radical (unpaired) electrons. The molecule has 4 nitrogen and oxygen atoms in total. The molecule has 1 amide bonds. The van der Waals surface area contributed by atoms with E-state index in [1.807, 2.05) is 103 Å². The summed E-state index contributed by atoms with van der Waals surface area (Å²) in [6.45, 7) is 0.462. The fourth-order valence-electron chi connectivity index (χ4n) is 3.98. The molecule has 1 unspecified atom stereocenters. The van der Waals surface area contributed by atoms with E-state index in [4.69, 9.17) is 4.74 Å². The number of para-hydroxylation sites is 2. The molecule has 1 aromatic heterocycles. The maximum absolute atomic E-state index is 14.1. The highest BCUT2D eigenvalue weighted by Crippen LogP contribution is 2.47. The Hall–Kier alpha value is -3.92. The summed E-state index contributed by atoms with van der Waals surface area (Å²) in [7, 11) is 0. The van der Waals surface area contributed by atoms with Crippen molar-refractivity contribution in [2.75, 3.05) is 4.90 Å². The van der Waals surface area contributed by atoms with Gasteiger partial charge in [-0.1, -0.05) is 72.8 Å². The Morgan fingerprint density at radius 2 is 1.43 bits per heavy atom. The van der Waals surface area contributed by atoms with E-state index in [1.165, 1.54) is 0 Å². The molecule has 146 valence electrons. The first-order chi connectivity index (χ1) is 14.8. The van der Waals surface area contributed by atoms with Gasteiger partial charge in [0.1, 0.15) is 5.75 Å². The van der Waals surface area contributed by atoms with Crippen molar-refractivity contribution in [3.8, 4) is 5.75 Å². The summed E-state index contributed by atoms with van der Waals surface area (Å²) < 4.78 is 6.50. The summed E-state index contributed by atoms with van der Waals surface area (Å²) in [4.78, 5) is 20.4. The van der Waals surface area contributed by atoms with Crippen molar-refractivity contribution < 1.29 is 9.53 Å². The lowest BCUT2D eigenvalue weighted by Crippen LogP contribution is -2.46. The van der Waals surface area contributed by atoms with Gasteiger partial charge in [-0.3, -0.25) is 9.78 Å². The Morgan fingerprint density at radius 1 is 0.767 bits per heavy atom. The monoisotopic (exact) mass is 392 g/mol. The predicted octanol–water partition coefficient (Wildman–Crippen LogP) is 4.95. The van der Waals surface area contributed by atoms with Gasteiger partial charge < -0.3 is 9.64 Å². The SMILES string of the molecule is O=C1N(Cc2ccccc2)c2ccccc2C1(Oc1ccccc1)c1ccccn1. The number of benzene rings is 3. The molecular weight excluding hydrogens is 372 g/mol. The van der Waals surface area contributed by atoms with E-state index >= 15 is 0 Å². The average Bonchev–Trinajstić information content (AvgIpc) is 3.05. The molecular formula is C26H20N2O2. The van der Waals surface area contributed by atoms with Crippen molar-refractivity contribution >= 4 is 11.6 Å². The van der Waals surface area contributed by atoms with Gasteiger partial charge in [-0.2, -0.15) is 0 Å². The molecule has 1 atom stereocenters. The lowest BCUT2D eigenvalue weighted by atomic mass is 9.90. The highest BCUT2D eigenvalue weighted by atomic mass is 16.5. The second-order valence-corrected chi connectivity index (χ2v) is 7.21. The van der Waals surface area contributed by atoms with Crippen LogP contribution in [0, 0.1) is 0 Å². The molecule has 5 rings (SSSR count). The number of nitrogens with zero attached hydrogens (tertiary/aromatic N) is 2. The lowest BCUT2D eigenvalue weighted by Gasteiger charge is -2.29. The van der Waals surface area contributed by atoms with Crippen molar-refractivity contribution in [2.45, 2.75) is 12.1 Å². The van der Waals surface area contributed by atoms with Crippen molar-refractivity contribution in [1.29, 1.82) is 0 Å². The van der Waals surface area contributed by atoms with E-state index in [0.29, 0.717) is 18.0 Å². The minimum atomic E-state index is -1.34. The van der Waals surface area contributed by atoms with Gasteiger partial charge in [-0.15, -0.1) is 0 Å². The Bertz CT molecular complexity index is 1160. The average molecular weight is 392 g/mol. The van der Waals surface area contributed by atoms with Crippen LogP contribution in [0.3, 0.4) is 0 Å². The quantitative estimate of drug-likeness (QED) is 0.483. The molecule has 0 saturated carbocycles. The van der Waals surface area contributed by atoms with Crippen LogP contribution in [-0.4, -0.2) is 10.9 Å². The van der Waals surface area contributed by atoms with Gasteiger partial charge in [0, 0.05) is 11.8 Å². The third kappa shape index (κ3) is 2.94. The number of aromatic nitrogens is 1. The minimum absolute atomic E-state index is 0.143. The standard InChI is InChI=1S/C26H20N2O2/c29-25-26(24-17-9-10-18-27-24,30-21-13-5-2-6-14-21)22-15-7-8-16-23(22)28(25)19-20-11-3-1-4-12-20/h1-18H,19H2. The summed E-state index contributed by atoms with van der Waals surface area (Å²) in [6.07, 6.45) is 1.70. The van der Waals surface area contributed by atoms with Gasteiger partial charge in [0.05, 0.1) is 17.9 Å². The Labute approximate surface area is 175 Å². The summed E-state index contributed by atoms with van der Waals surface area (Å²) in [5.41, 5.74) is 1.93. The number of anilines is 1. The van der Waals surface area contributed by atoms with Gasteiger partial charge in [0.15, 0.2) is 0 Å². The molecule has 30 heavy (non-hydrogen) atoms. The molecule has 2 heterocycles. The van der Waals surface area contributed by atoms with Crippen molar-refractivity contribution in [1.82, 2.24) is 4.98 Å². The molecule has 0 N–H and O–H groups in total. The molecule has 0 aliphatic carbocycles. The van der Waals surface area contributed by atoms with E-state index in [2.05, 4.69) is 4.98 Å². The molecule has 4 heteroatoms. The van der Waals surface area contributed by atoms with Crippen LogP contribution in [0.1, 0.15) is 16.8 Å². The number of fused-ring (bicyclic) bond motifs is 1. The zero-order valence-corrected chi connectivity index (χ0v) is 16.3. The lowest BCUT2D eigenvalue weighted by molar-refractivity contribution is -0.130.